The summed E-state index contributed by atoms with van der Waals surface area (Å²) in [5.41, 5.74) is 7.30. The number of hydrazone groups is 1. The zero-order chi connectivity index (χ0) is 18.4. The molecule has 0 atom stereocenters. The molecule has 0 bridgehead atoms. The van der Waals surface area contributed by atoms with Gasteiger partial charge in [-0.05, 0) is 24.6 Å². The molecular formula is C20H20N4O2. The molecule has 0 radical (unpaired) electrons. The SMILES string of the molecule is COc1ccc(CC(=O)NN=Cc2cn[nH]c2-c2ccc(C)cc2)cc1. The Morgan fingerprint density at radius 1 is 1.19 bits per heavy atom. The Bertz CT molecular complexity index is 896. The van der Waals surface area contributed by atoms with E-state index in [1.54, 1.807) is 19.5 Å². The molecule has 0 aliphatic carbocycles. The van der Waals surface area contributed by atoms with E-state index >= 15 is 0 Å². The summed E-state index contributed by atoms with van der Waals surface area (Å²) in [6.45, 7) is 2.04. The van der Waals surface area contributed by atoms with Crippen LogP contribution in [0.25, 0.3) is 11.3 Å². The monoisotopic (exact) mass is 348 g/mol. The van der Waals surface area contributed by atoms with Crippen molar-refractivity contribution in [2.45, 2.75) is 13.3 Å². The minimum absolute atomic E-state index is 0.188. The normalized spacial score (nSPS) is 10.8. The van der Waals surface area contributed by atoms with Crippen LogP contribution < -0.4 is 10.2 Å². The molecule has 0 aliphatic rings. The highest BCUT2D eigenvalue weighted by Gasteiger charge is 2.06. The smallest absolute Gasteiger partial charge is 0.244 e. The fourth-order valence-electron chi connectivity index (χ4n) is 2.49. The van der Waals surface area contributed by atoms with Crippen LogP contribution in [0.15, 0.2) is 59.8 Å². The first-order valence-electron chi connectivity index (χ1n) is 8.21. The molecular weight excluding hydrogens is 328 g/mol. The van der Waals surface area contributed by atoms with E-state index in [2.05, 4.69) is 20.7 Å². The first-order valence-corrected chi connectivity index (χ1v) is 8.21. The van der Waals surface area contributed by atoms with E-state index < -0.39 is 0 Å². The second-order valence-electron chi connectivity index (χ2n) is 5.88. The molecule has 0 spiro atoms. The maximum absolute atomic E-state index is 12.0. The van der Waals surface area contributed by atoms with Crippen molar-refractivity contribution in [3.8, 4) is 17.0 Å². The van der Waals surface area contributed by atoms with Gasteiger partial charge in [-0.2, -0.15) is 10.2 Å². The topological polar surface area (TPSA) is 79.4 Å². The average Bonchev–Trinajstić information content (AvgIpc) is 3.11. The number of carbonyl (C=O) groups excluding carboxylic acids is 1. The van der Waals surface area contributed by atoms with Gasteiger partial charge < -0.3 is 4.74 Å². The first kappa shape index (κ1) is 17.4. The Balaban J connectivity index is 1.61. The van der Waals surface area contributed by atoms with Gasteiger partial charge >= 0.3 is 0 Å². The molecule has 0 unspecified atom stereocenters. The Hall–Kier alpha value is -3.41. The van der Waals surface area contributed by atoms with Crippen LogP contribution in [0, 0.1) is 6.92 Å². The lowest BCUT2D eigenvalue weighted by Crippen LogP contribution is -2.19. The second kappa shape index (κ2) is 8.11. The van der Waals surface area contributed by atoms with E-state index in [-0.39, 0.29) is 12.3 Å². The van der Waals surface area contributed by atoms with Crippen LogP contribution in [0.2, 0.25) is 0 Å². The van der Waals surface area contributed by atoms with Gasteiger partial charge in [-0.15, -0.1) is 0 Å². The van der Waals surface area contributed by atoms with Gasteiger partial charge in [0.05, 0.1) is 31.6 Å². The summed E-state index contributed by atoms with van der Waals surface area (Å²) < 4.78 is 5.10. The van der Waals surface area contributed by atoms with Gasteiger partial charge in [0, 0.05) is 11.1 Å². The predicted octanol–water partition coefficient (Wildman–Crippen LogP) is 3.09. The molecule has 0 fully saturated rings. The molecule has 6 nitrogen and oxygen atoms in total. The molecule has 2 aromatic carbocycles. The van der Waals surface area contributed by atoms with E-state index in [1.807, 2.05) is 55.5 Å². The van der Waals surface area contributed by atoms with E-state index in [9.17, 15) is 4.79 Å². The number of aromatic amines is 1. The van der Waals surface area contributed by atoms with Gasteiger partial charge in [0.15, 0.2) is 0 Å². The Morgan fingerprint density at radius 2 is 1.92 bits per heavy atom. The van der Waals surface area contributed by atoms with Crippen molar-refractivity contribution in [1.29, 1.82) is 0 Å². The van der Waals surface area contributed by atoms with Crippen LogP contribution in [0.5, 0.6) is 5.75 Å². The van der Waals surface area contributed by atoms with Gasteiger partial charge in [0.2, 0.25) is 5.91 Å². The van der Waals surface area contributed by atoms with E-state index in [1.165, 1.54) is 5.56 Å². The van der Waals surface area contributed by atoms with Crippen LogP contribution in [-0.4, -0.2) is 29.4 Å². The highest BCUT2D eigenvalue weighted by molar-refractivity contribution is 5.89. The molecule has 0 aliphatic heterocycles. The molecule has 6 heteroatoms. The van der Waals surface area contributed by atoms with Gasteiger partial charge in [-0.25, -0.2) is 5.43 Å². The number of nitrogens with one attached hydrogen (secondary N) is 2. The van der Waals surface area contributed by atoms with Gasteiger partial charge in [0.25, 0.3) is 0 Å². The molecule has 132 valence electrons. The van der Waals surface area contributed by atoms with E-state index in [0.29, 0.717) is 0 Å². The van der Waals surface area contributed by atoms with Crippen molar-refractivity contribution in [1.82, 2.24) is 15.6 Å². The predicted molar refractivity (Wildman–Crippen MR) is 101 cm³/mol. The van der Waals surface area contributed by atoms with Crippen molar-refractivity contribution in [3.63, 3.8) is 0 Å². The highest BCUT2D eigenvalue weighted by atomic mass is 16.5. The molecule has 3 rings (SSSR count). The summed E-state index contributed by atoms with van der Waals surface area (Å²) in [5.74, 6) is 0.572. The molecule has 1 aromatic heterocycles. The third kappa shape index (κ3) is 4.36. The molecule has 26 heavy (non-hydrogen) atoms. The van der Waals surface area contributed by atoms with E-state index in [4.69, 9.17) is 4.74 Å². The van der Waals surface area contributed by atoms with E-state index in [0.717, 1.165) is 28.1 Å². The molecule has 3 aromatic rings. The van der Waals surface area contributed by atoms with Crippen molar-refractivity contribution >= 4 is 12.1 Å². The van der Waals surface area contributed by atoms with Crippen LogP contribution in [-0.2, 0) is 11.2 Å². The van der Waals surface area contributed by atoms with Crippen molar-refractivity contribution in [2.24, 2.45) is 5.10 Å². The van der Waals surface area contributed by atoms with Crippen LogP contribution in [0.1, 0.15) is 16.7 Å². The number of aryl methyl sites for hydroxylation is 1. The maximum Gasteiger partial charge on any atom is 0.244 e. The number of benzene rings is 2. The Morgan fingerprint density at radius 3 is 2.62 bits per heavy atom. The number of H-pyrrole nitrogens is 1. The average molecular weight is 348 g/mol. The number of methoxy groups -OCH3 is 1. The lowest BCUT2D eigenvalue weighted by molar-refractivity contribution is -0.120. The van der Waals surface area contributed by atoms with Crippen LogP contribution in [0.3, 0.4) is 0 Å². The summed E-state index contributed by atoms with van der Waals surface area (Å²) in [7, 11) is 1.61. The number of rotatable bonds is 6. The number of ether oxygens (including phenoxy) is 1. The van der Waals surface area contributed by atoms with Gasteiger partial charge in [0.1, 0.15) is 5.75 Å². The van der Waals surface area contributed by atoms with Crippen molar-refractivity contribution in [2.75, 3.05) is 7.11 Å². The number of aromatic nitrogens is 2. The quantitative estimate of drug-likeness (QED) is 0.531. The second-order valence-corrected chi connectivity index (χ2v) is 5.88. The molecule has 2 N–H and O–H groups in total. The molecule has 0 saturated heterocycles. The third-order valence-corrected chi connectivity index (χ3v) is 3.93. The molecule has 0 saturated carbocycles. The number of hydrogen-bond acceptors (Lipinski definition) is 4. The van der Waals surface area contributed by atoms with Gasteiger partial charge in [-0.1, -0.05) is 42.0 Å². The first-order chi connectivity index (χ1) is 12.7. The minimum atomic E-state index is -0.188. The third-order valence-electron chi connectivity index (χ3n) is 3.93. The Labute approximate surface area is 151 Å². The largest absolute Gasteiger partial charge is 0.497 e. The lowest BCUT2D eigenvalue weighted by Gasteiger charge is -2.03. The van der Waals surface area contributed by atoms with Crippen molar-refractivity contribution < 1.29 is 9.53 Å². The summed E-state index contributed by atoms with van der Waals surface area (Å²) in [6.07, 6.45) is 3.51. The minimum Gasteiger partial charge on any atom is -0.497 e. The summed E-state index contributed by atoms with van der Waals surface area (Å²) in [6, 6.07) is 15.5. The number of amides is 1. The zero-order valence-corrected chi connectivity index (χ0v) is 14.7. The van der Waals surface area contributed by atoms with Gasteiger partial charge in [-0.3, -0.25) is 9.89 Å². The maximum atomic E-state index is 12.0. The number of nitrogens with zero attached hydrogens (tertiary/aromatic N) is 2. The lowest BCUT2D eigenvalue weighted by atomic mass is 10.1. The summed E-state index contributed by atoms with van der Waals surface area (Å²) in [5, 5.41) is 11.1. The van der Waals surface area contributed by atoms with Crippen LogP contribution >= 0.6 is 0 Å². The summed E-state index contributed by atoms with van der Waals surface area (Å²) >= 11 is 0. The molecule has 1 heterocycles. The number of carbonyl (C=O) groups is 1. The van der Waals surface area contributed by atoms with Crippen LogP contribution in [0.4, 0.5) is 0 Å². The number of hydrogen-bond donors (Lipinski definition) is 2. The zero-order valence-electron chi connectivity index (χ0n) is 14.7. The summed E-state index contributed by atoms with van der Waals surface area (Å²) in [4.78, 5) is 12.0. The fourth-order valence-corrected chi connectivity index (χ4v) is 2.49. The fraction of sp³-hybridized carbons (Fsp3) is 0.150. The van der Waals surface area contributed by atoms with Crippen molar-refractivity contribution in [3.05, 3.63) is 71.4 Å². The molecule has 1 amide bonds. The highest BCUT2D eigenvalue weighted by Crippen LogP contribution is 2.20. The Kier molecular flexibility index (Phi) is 5.43. The standard InChI is InChI=1S/C20H20N4O2/c1-14-3-7-16(8-4-14)20-17(13-22-24-20)12-21-23-19(25)11-15-5-9-18(26-2)10-6-15/h3-10,12-13H,11H2,1-2H3,(H,22,24)(H,23,25).